The van der Waals surface area contributed by atoms with E-state index in [1.165, 1.54) is 27.5 Å². The van der Waals surface area contributed by atoms with Gasteiger partial charge in [-0.25, -0.2) is 4.57 Å². The highest BCUT2D eigenvalue weighted by atomic mass is 14.9. The molecule has 1 nitrogen and oxygen atoms in total. The molecule has 0 spiro atoms. The smallest absolute Gasteiger partial charge is 0.201 e. The number of aromatic nitrogens is 1. The highest BCUT2D eigenvalue weighted by molar-refractivity contribution is 5.97. The predicted molar refractivity (Wildman–Crippen MR) is 113 cm³/mol. The zero-order chi connectivity index (χ0) is 20.2. The third kappa shape index (κ3) is 2.75. The van der Waals surface area contributed by atoms with E-state index in [1.54, 1.807) is 0 Å². The van der Waals surface area contributed by atoms with Gasteiger partial charge in [0.25, 0.3) is 0 Å². The number of benzene rings is 3. The Morgan fingerprint density at radius 3 is 2.74 bits per heavy atom. The number of rotatable bonds is 0. The molecule has 4 bridgehead atoms. The average Bonchev–Trinajstić information content (AvgIpc) is 2.72. The number of aryl methyl sites for hydroxylation is 4. The Morgan fingerprint density at radius 1 is 0.963 bits per heavy atom. The molecule has 1 heteroatoms. The minimum Gasteiger partial charge on any atom is -0.201 e. The summed E-state index contributed by atoms with van der Waals surface area (Å²) in [7, 11) is 2.08. The molecule has 4 aromatic rings. The van der Waals surface area contributed by atoms with E-state index in [2.05, 4.69) is 67.2 Å². The number of nitrogens with zero attached hydrogens (tertiary/aromatic N) is 1. The molecule has 1 aromatic heterocycles. The topological polar surface area (TPSA) is 3.88 Å². The van der Waals surface area contributed by atoms with Gasteiger partial charge >= 0.3 is 0 Å². The third-order valence-electron chi connectivity index (χ3n) is 5.67. The lowest BCUT2D eigenvalue weighted by atomic mass is 9.90. The minimum absolute atomic E-state index is 0.462. The van der Waals surface area contributed by atoms with Gasteiger partial charge in [0, 0.05) is 14.9 Å². The van der Waals surface area contributed by atoms with Crippen molar-refractivity contribution in [2.45, 2.75) is 26.1 Å². The van der Waals surface area contributed by atoms with Crippen LogP contribution >= 0.6 is 0 Å². The lowest BCUT2D eigenvalue weighted by Gasteiger charge is -2.15. The molecule has 0 amide bonds. The first-order chi connectivity index (χ1) is 13.9. The van der Waals surface area contributed by atoms with Gasteiger partial charge in [-0.05, 0) is 64.7 Å². The van der Waals surface area contributed by atoms with E-state index in [0.29, 0.717) is 12.8 Å². The van der Waals surface area contributed by atoms with Crippen LogP contribution in [-0.4, -0.2) is 0 Å². The molecule has 27 heavy (non-hydrogen) atoms. The largest absolute Gasteiger partial charge is 0.213 e. The van der Waals surface area contributed by atoms with Crippen LogP contribution in [-0.2, 0) is 19.8 Å². The van der Waals surface area contributed by atoms with Crippen LogP contribution in [0.4, 0.5) is 0 Å². The van der Waals surface area contributed by atoms with Gasteiger partial charge in [-0.2, -0.15) is 0 Å². The third-order valence-corrected chi connectivity index (χ3v) is 5.67. The Balaban J connectivity index is 1.91. The van der Waals surface area contributed by atoms with Crippen LogP contribution < -0.4 is 4.57 Å². The summed E-state index contributed by atoms with van der Waals surface area (Å²) in [5, 5.41) is 2.46. The quantitative estimate of drug-likeness (QED) is 0.352. The molecule has 0 atom stereocenters. The Morgan fingerprint density at radius 2 is 1.81 bits per heavy atom. The van der Waals surface area contributed by atoms with Gasteiger partial charge < -0.3 is 0 Å². The molecule has 0 fully saturated rings. The Bertz CT molecular complexity index is 1260. The molecular formula is C26H24N+. The highest BCUT2D eigenvalue weighted by Gasteiger charge is 2.19. The predicted octanol–water partition coefficient (Wildman–Crippen LogP) is 5.80. The summed E-state index contributed by atoms with van der Waals surface area (Å²) in [5.41, 5.74) is 7.66. The van der Waals surface area contributed by atoms with Crippen molar-refractivity contribution in [1.82, 2.24) is 0 Å². The molecule has 3 aromatic carbocycles. The van der Waals surface area contributed by atoms with Gasteiger partial charge in [0.05, 0.1) is 5.56 Å². The molecule has 1 aliphatic rings. The number of hydrogen-bond acceptors (Lipinski definition) is 0. The molecule has 0 unspecified atom stereocenters. The van der Waals surface area contributed by atoms with Crippen molar-refractivity contribution in [1.29, 1.82) is 0 Å². The van der Waals surface area contributed by atoms with Crippen LogP contribution in [0.2, 0.25) is 0 Å². The maximum absolute atomic E-state index is 8.82. The normalized spacial score (nSPS) is 16.1. The van der Waals surface area contributed by atoms with Crippen LogP contribution in [0.5, 0.6) is 0 Å². The van der Waals surface area contributed by atoms with Crippen LogP contribution in [0.3, 0.4) is 0 Å². The second kappa shape index (κ2) is 6.35. The molecular weight excluding hydrogens is 326 g/mol. The van der Waals surface area contributed by atoms with E-state index in [0.717, 1.165) is 22.4 Å². The summed E-state index contributed by atoms with van der Waals surface area (Å²) in [6.07, 6.45) is 1.87. The van der Waals surface area contributed by atoms with E-state index in [1.807, 2.05) is 24.3 Å². The van der Waals surface area contributed by atoms with Gasteiger partial charge in [0.2, 0.25) is 5.69 Å². The first-order valence-electron chi connectivity index (χ1n) is 10.6. The second-order valence-corrected chi connectivity index (χ2v) is 7.45. The van der Waals surface area contributed by atoms with Crippen LogP contribution in [0.15, 0.2) is 72.9 Å². The first kappa shape index (κ1) is 14.2. The summed E-state index contributed by atoms with van der Waals surface area (Å²) in [6.45, 7) is 2.17. The van der Waals surface area contributed by atoms with E-state index < -0.39 is 6.37 Å². The number of fused-ring (bicyclic) bond motifs is 6. The zero-order valence-electron chi connectivity index (χ0n) is 17.8. The van der Waals surface area contributed by atoms with E-state index in [9.17, 15) is 0 Å². The summed E-state index contributed by atoms with van der Waals surface area (Å²) in [5.74, 6) is 0. The molecule has 0 N–H and O–H groups in total. The lowest BCUT2D eigenvalue weighted by Crippen LogP contribution is -2.30. The summed E-state index contributed by atoms with van der Waals surface area (Å²) in [6, 6.07) is 23.2. The first-order valence-corrected chi connectivity index (χ1v) is 9.56. The minimum atomic E-state index is -1.39. The molecule has 5 rings (SSSR count). The molecule has 132 valence electrons. The van der Waals surface area contributed by atoms with Crippen LogP contribution in [0, 0.1) is 6.92 Å². The fourth-order valence-corrected chi connectivity index (χ4v) is 4.19. The van der Waals surface area contributed by atoms with Crippen molar-refractivity contribution in [2.24, 2.45) is 7.05 Å². The molecule has 0 saturated carbocycles. The summed E-state index contributed by atoms with van der Waals surface area (Å²) in [4.78, 5) is 0. The molecule has 1 aliphatic carbocycles. The molecule has 0 saturated heterocycles. The van der Waals surface area contributed by atoms with Crippen molar-refractivity contribution in [3.8, 4) is 22.4 Å². The van der Waals surface area contributed by atoms with Gasteiger partial charge in [-0.3, -0.25) is 0 Å². The Hall–Kier alpha value is -2.93. The maximum atomic E-state index is 8.82. The van der Waals surface area contributed by atoms with Crippen molar-refractivity contribution in [3.63, 3.8) is 0 Å². The van der Waals surface area contributed by atoms with Crippen molar-refractivity contribution in [2.75, 3.05) is 0 Å². The van der Waals surface area contributed by atoms with E-state index in [-0.39, 0.29) is 0 Å². The zero-order valence-corrected chi connectivity index (χ0v) is 15.8. The standard InChI is InChI=1S/C26H24N/c1-18-10-12-21-13-11-19-6-5-8-20-7-3-4-9-23(20)22-14-15-27(2)25(17-22)26(18)24(21)16-19/h3-4,7,9-17H,5-6,8H2,1-2H3/q+1/i8D2. The van der Waals surface area contributed by atoms with Crippen LogP contribution in [0.1, 0.15) is 25.9 Å². The van der Waals surface area contributed by atoms with E-state index in [4.69, 9.17) is 2.74 Å². The fraction of sp³-hybridized carbons (Fsp3) is 0.192. The summed E-state index contributed by atoms with van der Waals surface area (Å²) >= 11 is 0. The maximum Gasteiger partial charge on any atom is 0.213 e. The highest BCUT2D eigenvalue weighted by Crippen LogP contribution is 2.34. The van der Waals surface area contributed by atoms with Gasteiger partial charge in [-0.15, -0.1) is 0 Å². The van der Waals surface area contributed by atoms with Gasteiger partial charge in [0.1, 0.15) is 7.05 Å². The molecule has 0 radical (unpaired) electrons. The van der Waals surface area contributed by atoms with Gasteiger partial charge in [0.15, 0.2) is 6.20 Å². The monoisotopic (exact) mass is 352 g/mol. The SMILES string of the molecule is [2H]C1([2H])CCc2ccc3ccc(C)c(c3c2)-c2cc(cc[n+]2C)-c2ccccc21. The Labute approximate surface area is 163 Å². The van der Waals surface area contributed by atoms with Gasteiger partial charge in [-0.1, -0.05) is 54.6 Å². The lowest BCUT2D eigenvalue weighted by molar-refractivity contribution is -0.660. The number of pyridine rings is 1. The second-order valence-electron chi connectivity index (χ2n) is 7.45. The van der Waals surface area contributed by atoms with Crippen molar-refractivity contribution < 1.29 is 7.31 Å². The number of hydrogen-bond donors (Lipinski definition) is 0. The molecule has 1 heterocycles. The summed E-state index contributed by atoms with van der Waals surface area (Å²) < 4.78 is 19.8. The Kier molecular flexibility index (Phi) is 3.33. The van der Waals surface area contributed by atoms with Crippen LogP contribution in [0.25, 0.3) is 33.2 Å². The van der Waals surface area contributed by atoms with Crippen molar-refractivity contribution >= 4 is 10.8 Å². The van der Waals surface area contributed by atoms with Crippen molar-refractivity contribution in [3.05, 3.63) is 89.6 Å². The van der Waals surface area contributed by atoms with E-state index >= 15 is 0 Å². The molecule has 0 aliphatic heterocycles. The average molecular weight is 352 g/mol. The fourth-order valence-electron chi connectivity index (χ4n) is 4.19.